The molecule has 0 radical (unpaired) electrons. The summed E-state index contributed by atoms with van der Waals surface area (Å²) in [6.45, 7) is 5.51. The molecule has 1 amide bonds. The van der Waals surface area contributed by atoms with Crippen molar-refractivity contribution in [2.75, 3.05) is 39.8 Å². The zero-order chi connectivity index (χ0) is 18.4. The maximum Gasteiger partial charge on any atom is 0.317 e. The number of aliphatic carboxylic acids is 1. The molecule has 2 rings (SSSR count). The molecule has 0 saturated carbocycles. The molecule has 1 heterocycles. The fraction of sp³-hybridized carbons (Fsp3) is 0.556. The van der Waals surface area contributed by atoms with Crippen LogP contribution in [0.3, 0.4) is 0 Å². The van der Waals surface area contributed by atoms with Crippen LogP contribution in [0.25, 0.3) is 0 Å². The normalized spacial score (nSPS) is 18.9. The molecule has 1 aliphatic heterocycles. The van der Waals surface area contributed by atoms with E-state index in [1.165, 1.54) is 0 Å². The lowest BCUT2D eigenvalue weighted by atomic mass is 10.2. The van der Waals surface area contributed by atoms with E-state index in [0.29, 0.717) is 32.0 Å². The molecule has 1 aliphatic rings. The van der Waals surface area contributed by atoms with E-state index in [-0.39, 0.29) is 18.6 Å². The Labute approximate surface area is 148 Å². The Morgan fingerprint density at radius 2 is 2.24 bits per heavy atom. The minimum absolute atomic E-state index is 0.0549. The Morgan fingerprint density at radius 1 is 1.48 bits per heavy atom. The fourth-order valence-corrected chi connectivity index (χ4v) is 2.87. The quantitative estimate of drug-likeness (QED) is 0.791. The minimum atomic E-state index is -0.883. The van der Waals surface area contributed by atoms with Crippen molar-refractivity contribution in [3.05, 3.63) is 29.8 Å². The van der Waals surface area contributed by atoms with Crippen LogP contribution in [0.4, 0.5) is 0 Å². The van der Waals surface area contributed by atoms with Gasteiger partial charge < -0.3 is 19.5 Å². The number of likely N-dealkylation sites (N-methyl/N-ethyl adjacent to an activating group) is 1. The summed E-state index contributed by atoms with van der Waals surface area (Å²) in [5.41, 5.74) is 1.07. The first-order valence-electron chi connectivity index (χ1n) is 8.39. The van der Waals surface area contributed by atoms with Crippen molar-refractivity contribution in [3.63, 3.8) is 0 Å². The summed E-state index contributed by atoms with van der Waals surface area (Å²) in [5, 5.41) is 8.82. The van der Waals surface area contributed by atoms with E-state index in [2.05, 4.69) is 0 Å². The lowest BCUT2D eigenvalue weighted by Crippen LogP contribution is -2.52. The zero-order valence-corrected chi connectivity index (χ0v) is 15.0. The number of nitrogens with zero attached hydrogens (tertiary/aromatic N) is 2. The average Bonchev–Trinajstić information content (AvgIpc) is 2.53. The standard InChI is InChI=1S/C18H26N2O5/c1-13-5-4-6-15(9-13)25-14(2)18(23)20-7-8-24-16(11-20)10-19(3)12-17(21)22/h4-6,9,14,16H,7-8,10-12H2,1-3H3,(H,21,22). The van der Waals surface area contributed by atoms with Crippen molar-refractivity contribution in [1.82, 2.24) is 9.80 Å². The third-order valence-corrected chi connectivity index (χ3v) is 4.02. The number of benzene rings is 1. The van der Waals surface area contributed by atoms with Gasteiger partial charge in [-0.15, -0.1) is 0 Å². The molecule has 0 spiro atoms. The first-order valence-corrected chi connectivity index (χ1v) is 8.39. The van der Waals surface area contributed by atoms with Gasteiger partial charge in [0.25, 0.3) is 5.91 Å². The molecule has 0 aliphatic carbocycles. The molecule has 1 fully saturated rings. The van der Waals surface area contributed by atoms with Crippen LogP contribution in [0, 0.1) is 6.92 Å². The van der Waals surface area contributed by atoms with E-state index in [1.807, 2.05) is 31.2 Å². The number of carboxylic acid groups (broad SMARTS) is 1. The van der Waals surface area contributed by atoms with Gasteiger partial charge in [0.15, 0.2) is 6.10 Å². The third kappa shape index (κ3) is 6.03. The smallest absolute Gasteiger partial charge is 0.317 e. The van der Waals surface area contributed by atoms with E-state index < -0.39 is 12.1 Å². The molecule has 0 bridgehead atoms. The molecule has 2 unspecified atom stereocenters. The van der Waals surface area contributed by atoms with E-state index in [9.17, 15) is 9.59 Å². The monoisotopic (exact) mass is 350 g/mol. The van der Waals surface area contributed by atoms with Crippen molar-refractivity contribution in [1.29, 1.82) is 0 Å². The van der Waals surface area contributed by atoms with Crippen molar-refractivity contribution in [2.24, 2.45) is 0 Å². The number of ether oxygens (including phenoxy) is 2. The highest BCUT2D eigenvalue weighted by Gasteiger charge is 2.29. The molecular weight excluding hydrogens is 324 g/mol. The van der Waals surface area contributed by atoms with E-state index >= 15 is 0 Å². The first-order chi connectivity index (χ1) is 11.8. The number of morpholine rings is 1. The van der Waals surface area contributed by atoms with Crippen molar-refractivity contribution in [2.45, 2.75) is 26.1 Å². The molecule has 7 heteroatoms. The lowest BCUT2D eigenvalue weighted by molar-refractivity contribution is -0.147. The zero-order valence-electron chi connectivity index (χ0n) is 15.0. The Bertz CT molecular complexity index is 607. The van der Waals surface area contributed by atoms with Gasteiger partial charge >= 0.3 is 5.97 Å². The van der Waals surface area contributed by atoms with Gasteiger partial charge in [0, 0.05) is 19.6 Å². The molecular formula is C18H26N2O5. The van der Waals surface area contributed by atoms with Crippen LogP contribution in [-0.2, 0) is 14.3 Å². The number of hydrogen-bond donors (Lipinski definition) is 1. The van der Waals surface area contributed by atoms with Crippen LogP contribution in [0.2, 0.25) is 0 Å². The van der Waals surface area contributed by atoms with Crippen molar-refractivity contribution >= 4 is 11.9 Å². The molecule has 1 aromatic rings. The Hall–Kier alpha value is -2.12. The summed E-state index contributed by atoms with van der Waals surface area (Å²) in [6, 6.07) is 7.59. The van der Waals surface area contributed by atoms with Gasteiger partial charge in [0.2, 0.25) is 0 Å². The van der Waals surface area contributed by atoms with E-state index in [1.54, 1.807) is 23.8 Å². The van der Waals surface area contributed by atoms with E-state index in [0.717, 1.165) is 5.56 Å². The molecule has 2 atom stereocenters. The highest BCUT2D eigenvalue weighted by atomic mass is 16.5. The van der Waals surface area contributed by atoms with Crippen LogP contribution in [-0.4, -0.2) is 78.8 Å². The average molecular weight is 350 g/mol. The van der Waals surface area contributed by atoms with Crippen molar-refractivity contribution in [3.8, 4) is 5.75 Å². The minimum Gasteiger partial charge on any atom is -0.481 e. The predicted octanol–water partition coefficient (Wildman–Crippen LogP) is 1.01. The van der Waals surface area contributed by atoms with Crippen LogP contribution in [0.15, 0.2) is 24.3 Å². The SMILES string of the molecule is Cc1cccc(OC(C)C(=O)N2CCOC(CN(C)CC(=O)O)C2)c1. The van der Waals surface area contributed by atoms with Gasteiger partial charge in [-0.25, -0.2) is 0 Å². The third-order valence-electron chi connectivity index (χ3n) is 4.02. The molecule has 7 nitrogen and oxygen atoms in total. The Morgan fingerprint density at radius 3 is 2.92 bits per heavy atom. The second kappa shape index (κ2) is 8.82. The molecule has 25 heavy (non-hydrogen) atoms. The first kappa shape index (κ1) is 19.2. The summed E-state index contributed by atoms with van der Waals surface area (Å²) in [7, 11) is 1.72. The van der Waals surface area contributed by atoms with Crippen LogP contribution in [0.1, 0.15) is 12.5 Å². The summed E-state index contributed by atoms with van der Waals surface area (Å²) >= 11 is 0. The fourth-order valence-electron chi connectivity index (χ4n) is 2.87. The van der Waals surface area contributed by atoms with Crippen LogP contribution >= 0.6 is 0 Å². The van der Waals surface area contributed by atoms with Gasteiger partial charge in [-0.1, -0.05) is 12.1 Å². The molecule has 1 N–H and O–H groups in total. The van der Waals surface area contributed by atoms with Gasteiger partial charge in [-0.05, 0) is 38.6 Å². The van der Waals surface area contributed by atoms with Gasteiger partial charge in [0.1, 0.15) is 5.75 Å². The second-order valence-electron chi connectivity index (χ2n) is 6.44. The largest absolute Gasteiger partial charge is 0.481 e. The Kier molecular flexibility index (Phi) is 6.78. The molecule has 0 aromatic heterocycles. The summed E-state index contributed by atoms with van der Waals surface area (Å²) in [6.07, 6.45) is -0.787. The van der Waals surface area contributed by atoms with Gasteiger partial charge in [0.05, 0.1) is 19.3 Å². The predicted molar refractivity (Wildman–Crippen MR) is 92.7 cm³/mol. The number of hydrogen-bond acceptors (Lipinski definition) is 5. The number of carbonyl (C=O) groups is 2. The topological polar surface area (TPSA) is 79.3 Å². The number of amides is 1. The van der Waals surface area contributed by atoms with Crippen LogP contribution in [0.5, 0.6) is 5.75 Å². The molecule has 138 valence electrons. The number of rotatable bonds is 7. The van der Waals surface area contributed by atoms with Crippen LogP contribution < -0.4 is 4.74 Å². The van der Waals surface area contributed by atoms with Crippen molar-refractivity contribution < 1.29 is 24.2 Å². The highest BCUT2D eigenvalue weighted by Crippen LogP contribution is 2.16. The van der Waals surface area contributed by atoms with Gasteiger partial charge in [-0.3, -0.25) is 14.5 Å². The lowest BCUT2D eigenvalue weighted by Gasteiger charge is -2.35. The summed E-state index contributed by atoms with van der Waals surface area (Å²) in [5.74, 6) is -0.297. The summed E-state index contributed by atoms with van der Waals surface area (Å²) in [4.78, 5) is 26.8. The Balaban J connectivity index is 1.88. The highest BCUT2D eigenvalue weighted by molar-refractivity contribution is 5.81. The van der Waals surface area contributed by atoms with Gasteiger partial charge in [-0.2, -0.15) is 0 Å². The maximum absolute atomic E-state index is 12.6. The number of carboxylic acids is 1. The maximum atomic E-state index is 12.6. The second-order valence-corrected chi connectivity index (χ2v) is 6.44. The number of carbonyl (C=O) groups excluding carboxylic acids is 1. The van der Waals surface area contributed by atoms with E-state index in [4.69, 9.17) is 14.6 Å². The number of aryl methyl sites for hydroxylation is 1. The molecule has 1 saturated heterocycles. The molecule has 1 aromatic carbocycles. The summed E-state index contributed by atoms with van der Waals surface area (Å²) < 4.78 is 11.4.